The number of hydrogen-bond acceptors (Lipinski definition) is 2. The molecule has 0 saturated heterocycles. The Morgan fingerprint density at radius 1 is 1.36 bits per heavy atom. The average molecular weight is 294 g/mol. The van der Waals surface area contributed by atoms with Crippen molar-refractivity contribution in [2.24, 2.45) is 0 Å². The van der Waals surface area contributed by atoms with Gasteiger partial charge in [0.15, 0.2) is 0 Å². The van der Waals surface area contributed by atoms with Gasteiger partial charge in [-0.05, 0) is 24.4 Å². The molecular formula is C17H18N4O. The number of aromatic nitrogens is 3. The van der Waals surface area contributed by atoms with Gasteiger partial charge in [0.05, 0.1) is 6.20 Å². The van der Waals surface area contributed by atoms with Crippen LogP contribution in [0.15, 0.2) is 36.5 Å². The van der Waals surface area contributed by atoms with Gasteiger partial charge >= 0.3 is 0 Å². The summed E-state index contributed by atoms with van der Waals surface area (Å²) in [5.41, 5.74) is 4.53. The number of rotatable bonds is 2. The van der Waals surface area contributed by atoms with E-state index < -0.39 is 0 Å². The molecule has 4 rings (SSSR count). The molecule has 1 aliphatic heterocycles. The van der Waals surface area contributed by atoms with Crippen LogP contribution in [0.4, 0.5) is 0 Å². The minimum Gasteiger partial charge on any atom is -0.336 e. The lowest BCUT2D eigenvalue weighted by molar-refractivity contribution is -0.132. The lowest BCUT2D eigenvalue weighted by atomic mass is 10.1. The topological polar surface area (TPSA) is 53.9 Å². The fraction of sp³-hybridized carbons (Fsp3) is 0.294. The highest BCUT2D eigenvalue weighted by atomic mass is 16.2. The number of nitrogens with zero attached hydrogens (tertiary/aromatic N) is 3. The minimum atomic E-state index is 0.163. The van der Waals surface area contributed by atoms with E-state index in [9.17, 15) is 4.79 Å². The number of aryl methyl sites for hydroxylation is 1. The highest BCUT2D eigenvalue weighted by Gasteiger charge is 2.22. The molecule has 0 radical (unpaired) electrons. The molecule has 1 N–H and O–H groups in total. The van der Waals surface area contributed by atoms with Crippen molar-refractivity contribution in [3.8, 4) is 0 Å². The summed E-state index contributed by atoms with van der Waals surface area (Å²) < 4.78 is 2.10. The molecule has 0 unspecified atom stereocenters. The van der Waals surface area contributed by atoms with E-state index >= 15 is 0 Å². The molecule has 112 valence electrons. The molecule has 0 saturated carbocycles. The van der Waals surface area contributed by atoms with Crippen LogP contribution in [-0.4, -0.2) is 32.1 Å². The van der Waals surface area contributed by atoms with Crippen LogP contribution in [0.3, 0.4) is 0 Å². The lowest BCUT2D eigenvalue weighted by Gasteiger charge is -2.27. The predicted octanol–water partition coefficient (Wildman–Crippen LogP) is 2.26. The molecule has 1 aromatic carbocycles. The predicted molar refractivity (Wildman–Crippen MR) is 84.4 cm³/mol. The zero-order valence-electron chi connectivity index (χ0n) is 12.5. The van der Waals surface area contributed by atoms with E-state index in [1.165, 1.54) is 5.39 Å². The van der Waals surface area contributed by atoms with E-state index in [1.807, 2.05) is 23.2 Å². The normalized spacial score (nSPS) is 14.3. The first-order valence-electron chi connectivity index (χ1n) is 7.56. The van der Waals surface area contributed by atoms with E-state index in [1.54, 1.807) is 0 Å². The van der Waals surface area contributed by atoms with E-state index in [0.29, 0.717) is 13.1 Å². The van der Waals surface area contributed by atoms with Crippen LogP contribution in [0.1, 0.15) is 17.0 Å². The molecule has 1 aliphatic rings. The number of carbonyl (C=O) groups excluding carboxylic acids is 1. The number of aromatic amines is 1. The van der Waals surface area contributed by atoms with Crippen LogP contribution < -0.4 is 0 Å². The monoisotopic (exact) mass is 294 g/mol. The molecule has 1 amide bonds. The van der Waals surface area contributed by atoms with E-state index in [2.05, 4.69) is 39.9 Å². The maximum absolute atomic E-state index is 12.7. The van der Waals surface area contributed by atoms with Crippen molar-refractivity contribution in [2.75, 3.05) is 6.54 Å². The zero-order chi connectivity index (χ0) is 15.1. The molecular weight excluding hydrogens is 276 g/mol. The Hall–Kier alpha value is -2.56. The highest BCUT2D eigenvalue weighted by molar-refractivity contribution is 5.84. The second-order valence-electron chi connectivity index (χ2n) is 5.87. The van der Waals surface area contributed by atoms with Crippen LogP contribution >= 0.6 is 0 Å². The number of para-hydroxylation sites is 1. The van der Waals surface area contributed by atoms with Crippen LogP contribution in [-0.2, 0) is 24.3 Å². The summed E-state index contributed by atoms with van der Waals surface area (Å²) in [4.78, 5) is 14.6. The number of amides is 1. The minimum absolute atomic E-state index is 0.163. The number of carbonyl (C=O) groups is 1. The van der Waals surface area contributed by atoms with Crippen LogP contribution in [0, 0.1) is 6.92 Å². The van der Waals surface area contributed by atoms with E-state index in [-0.39, 0.29) is 5.91 Å². The second-order valence-corrected chi connectivity index (χ2v) is 5.87. The van der Waals surface area contributed by atoms with Crippen LogP contribution in [0.25, 0.3) is 10.9 Å². The van der Waals surface area contributed by atoms with Gasteiger partial charge in [-0.2, -0.15) is 5.10 Å². The molecule has 3 heterocycles. The van der Waals surface area contributed by atoms with Gasteiger partial charge in [0.25, 0.3) is 0 Å². The summed E-state index contributed by atoms with van der Waals surface area (Å²) in [5, 5.41) is 8.25. The van der Waals surface area contributed by atoms with Gasteiger partial charge in [-0.25, -0.2) is 0 Å². The first-order valence-corrected chi connectivity index (χ1v) is 7.56. The lowest BCUT2D eigenvalue weighted by Crippen LogP contribution is -2.37. The summed E-state index contributed by atoms with van der Waals surface area (Å²) in [6, 6.07) is 10.3. The Kier molecular flexibility index (Phi) is 2.99. The number of fused-ring (bicyclic) bond motifs is 2. The SMILES string of the molecule is Cc1cc2ccccc2n1CC(=O)N1CCc2[nH]ncc2C1. The van der Waals surface area contributed by atoms with Gasteiger partial charge in [0, 0.05) is 42.0 Å². The molecule has 0 bridgehead atoms. The third-order valence-corrected chi connectivity index (χ3v) is 4.46. The number of nitrogens with one attached hydrogen (secondary N) is 1. The summed E-state index contributed by atoms with van der Waals surface area (Å²) in [6.45, 7) is 3.86. The zero-order valence-corrected chi connectivity index (χ0v) is 12.5. The first kappa shape index (κ1) is 13.1. The van der Waals surface area contributed by atoms with Gasteiger partial charge in [-0.15, -0.1) is 0 Å². The quantitative estimate of drug-likeness (QED) is 0.788. The Morgan fingerprint density at radius 3 is 3.14 bits per heavy atom. The van der Waals surface area contributed by atoms with Gasteiger partial charge in [-0.3, -0.25) is 9.89 Å². The van der Waals surface area contributed by atoms with Crippen molar-refractivity contribution < 1.29 is 4.79 Å². The summed E-state index contributed by atoms with van der Waals surface area (Å²) >= 11 is 0. The third kappa shape index (κ3) is 2.09. The molecule has 0 aliphatic carbocycles. The summed E-state index contributed by atoms with van der Waals surface area (Å²) in [6.07, 6.45) is 2.68. The maximum Gasteiger partial charge on any atom is 0.242 e. The van der Waals surface area contributed by atoms with Crippen molar-refractivity contribution in [1.82, 2.24) is 19.7 Å². The first-order chi connectivity index (χ1) is 10.7. The molecule has 0 fully saturated rings. The van der Waals surface area contributed by atoms with Gasteiger partial charge < -0.3 is 9.47 Å². The number of hydrogen-bond donors (Lipinski definition) is 1. The molecule has 0 atom stereocenters. The van der Waals surface area contributed by atoms with Gasteiger partial charge in [0.1, 0.15) is 6.54 Å². The van der Waals surface area contributed by atoms with Crippen molar-refractivity contribution in [3.05, 3.63) is 53.5 Å². The molecule has 22 heavy (non-hydrogen) atoms. The van der Waals surface area contributed by atoms with Crippen molar-refractivity contribution in [2.45, 2.75) is 26.4 Å². The third-order valence-electron chi connectivity index (χ3n) is 4.46. The average Bonchev–Trinajstić information content (AvgIpc) is 3.11. The Balaban J connectivity index is 1.58. The van der Waals surface area contributed by atoms with E-state index in [0.717, 1.165) is 35.4 Å². The smallest absolute Gasteiger partial charge is 0.242 e. The second kappa shape index (κ2) is 5.02. The molecule has 0 spiro atoms. The summed E-state index contributed by atoms with van der Waals surface area (Å²) in [7, 11) is 0. The molecule has 3 aromatic rings. The maximum atomic E-state index is 12.7. The van der Waals surface area contributed by atoms with Crippen LogP contribution in [0.2, 0.25) is 0 Å². The fourth-order valence-electron chi connectivity index (χ4n) is 3.23. The Labute approximate surface area is 128 Å². The molecule has 5 heteroatoms. The Bertz CT molecular complexity index is 845. The van der Waals surface area contributed by atoms with Gasteiger partial charge in [0.2, 0.25) is 5.91 Å². The van der Waals surface area contributed by atoms with Crippen molar-refractivity contribution >= 4 is 16.8 Å². The highest BCUT2D eigenvalue weighted by Crippen LogP contribution is 2.21. The summed E-state index contributed by atoms with van der Waals surface area (Å²) in [5.74, 6) is 0.163. The Morgan fingerprint density at radius 2 is 2.23 bits per heavy atom. The van der Waals surface area contributed by atoms with Crippen molar-refractivity contribution in [3.63, 3.8) is 0 Å². The number of benzene rings is 1. The standard InChI is InChI=1S/C17H18N4O/c1-12-8-13-4-2-3-5-16(13)21(12)11-17(22)20-7-6-15-14(10-20)9-18-19-15/h2-5,8-9H,6-7,10-11H2,1H3,(H,18,19). The van der Waals surface area contributed by atoms with Crippen LogP contribution in [0.5, 0.6) is 0 Å². The van der Waals surface area contributed by atoms with Crippen molar-refractivity contribution in [1.29, 1.82) is 0 Å². The number of H-pyrrole nitrogens is 1. The molecule has 5 nitrogen and oxygen atoms in total. The van der Waals surface area contributed by atoms with E-state index in [4.69, 9.17) is 0 Å². The largest absolute Gasteiger partial charge is 0.336 e. The fourth-order valence-corrected chi connectivity index (χ4v) is 3.23. The molecule has 2 aromatic heterocycles. The van der Waals surface area contributed by atoms with Gasteiger partial charge in [-0.1, -0.05) is 18.2 Å².